The molecule has 3 saturated carbocycles. The summed E-state index contributed by atoms with van der Waals surface area (Å²) in [5, 5.41) is 0. The molecule has 0 spiro atoms. The van der Waals surface area contributed by atoms with Gasteiger partial charge in [-0.3, -0.25) is 12.9 Å². The Morgan fingerprint density at radius 1 is 0.433 bits per heavy atom. The van der Waals surface area contributed by atoms with E-state index >= 15 is 0 Å². The number of anilines is 3. The fourth-order valence-electron chi connectivity index (χ4n) is 15.7. The van der Waals surface area contributed by atoms with Gasteiger partial charge in [-0.25, -0.2) is 9.48 Å². The summed E-state index contributed by atoms with van der Waals surface area (Å²) >= 11 is -3.52. The van der Waals surface area contributed by atoms with Gasteiger partial charge in [0.05, 0.1) is 17.0 Å². The van der Waals surface area contributed by atoms with Crippen LogP contribution < -0.4 is 24.1 Å². The quantitative estimate of drug-likeness (QED) is 0.0288. The number of hydrogen-bond donors (Lipinski definition) is 0. The molecule has 11 rings (SSSR count). The van der Waals surface area contributed by atoms with Gasteiger partial charge in [-0.15, -0.1) is 0 Å². The van der Waals surface area contributed by atoms with Crippen LogP contribution in [-0.2, 0) is 70.4 Å². The second-order valence-corrected chi connectivity index (χ2v) is 56.8. The number of nitrogens with zero attached hydrogens (tertiary/aromatic N) is 4. The third kappa shape index (κ3) is 36.6. The molecule has 2 aliphatic heterocycles. The van der Waals surface area contributed by atoms with Gasteiger partial charge in [-0.2, -0.15) is 6.67 Å². The van der Waals surface area contributed by atoms with Crippen molar-refractivity contribution < 1.29 is 58.7 Å². The first-order valence-corrected chi connectivity index (χ1v) is 57.2. The van der Waals surface area contributed by atoms with Crippen LogP contribution in [0, 0.1) is 6.67 Å². The Bertz CT molecular complexity index is 3860. The topological polar surface area (TPSA) is 34.8 Å². The van der Waals surface area contributed by atoms with Gasteiger partial charge in [0, 0.05) is 32.4 Å². The Labute approximate surface area is 757 Å². The Balaban J connectivity index is 0.000000323. The number of para-hydroxylation sites is 2. The smallest absolute Gasteiger partial charge is 0.762 e. The summed E-state index contributed by atoms with van der Waals surface area (Å²) in [5.41, 5.74) is 23.1. The van der Waals surface area contributed by atoms with E-state index in [4.69, 9.17) is 43.5 Å². The molecule has 0 unspecified atom stereocenters. The molecule has 0 bridgehead atoms. The van der Waals surface area contributed by atoms with E-state index in [1.54, 1.807) is 96.3 Å². The number of halogens is 8. The molecule has 3 aliphatic carbocycles. The number of hydrogen-bond acceptors (Lipinski definition) is 4. The number of rotatable bonds is 13. The van der Waals surface area contributed by atoms with Gasteiger partial charge in [0.25, 0.3) is 0 Å². The van der Waals surface area contributed by atoms with Crippen LogP contribution in [0.4, 0.5) is 35.7 Å². The van der Waals surface area contributed by atoms with Crippen LogP contribution in [0.15, 0.2) is 121 Å². The van der Waals surface area contributed by atoms with Crippen molar-refractivity contribution in [3.63, 3.8) is 0 Å². The molecule has 6 aromatic rings. The van der Waals surface area contributed by atoms with Crippen molar-refractivity contribution in [3.8, 4) is 11.5 Å². The Kier molecular flexibility index (Phi) is 43.9. The minimum Gasteiger partial charge on any atom is -1.00 e. The van der Waals surface area contributed by atoms with Crippen LogP contribution in [0.25, 0.3) is 0 Å². The Hall–Kier alpha value is -3.65. The normalized spacial score (nSPS) is 16.2. The van der Waals surface area contributed by atoms with Gasteiger partial charge in [0.15, 0.2) is 0 Å². The van der Waals surface area contributed by atoms with Gasteiger partial charge >= 0.3 is 203 Å². The van der Waals surface area contributed by atoms with E-state index < -0.39 is 34.6 Å². The van der Waals surface area contributed by atoms with E-state index in [-0.39, 0.29) is 68.2 Å². The monoisotopic (exact) mass is 1930 g/mol. The van der Waals surface area contributed by atoms with Crippen LogP contribution >= 0.6 is 46.7 Å². The van der Waals surface area contributed by atoms with E-state index in [1.807, 2.05) is 99.3 Å². The van der Waals surface area contributed by atoms with Crippen LogP contribution in [0.2, 0.25) is 0 Å². The summed E-state index contributed by atoms with van der Waals surface area (Å²) in [7, 11) is 19.6. The zero-order valence-electron chi connectivity index (χ0n) is 79.6. The van der Waals surface area contributed by atoms with E-state index in [0.717, 1.165) is 48.8 Å². The molecule has 2 heterocycles. The van der Waals surface area contributed by atoms with E-state index in [0.29, 0.717) is 0 Å². The molecule has 18 heteroatoms. The first-order chi connectivity index (χ1) is 55.1. The average molecular weight is 1940 g/mol. The summed E-state index contributed by atoms with van der Waals surface area (Å²) < 4.78 is 45.4. The summed E-state index contributed by atoms with van der Waals surface area (Å²) in [4.78, 5) is 7.31. The SMILES string of the molecule is C1CCC([PH+](C2CCCCC2)C2CCCCC2)CC1.CC.CC(C)(C)c1cc(N2C=[N+](c3cc(C(C)(C)C)cc(C(C)(C)C)c3)CC2)cc(C(C)(C)C)c1.CC(C)(C)c1cc(N2[CH-]N(c3cc(C(C)(C)C)cc(C(C)(C)C)c3)CC2)cc(C(C)(C)C)c1.CC(C)Oc1ccccc1[CH]=[Ru]([Cl])[Cl].CC(C)[OH+]c1ccccc1[CH]=[Ru]([Cl])[Cl].FB(F)F.[F-]. The van der Waals surface area contributed by atoms with E-state index in [2.05, 4.69) is 276 Å². The molecule has 1 saturated heterocycles. The molecular weight excluding hydrogens is 1770 g/mol. The fourth-order valence-corrected chi connectivity index (χ4v) is 24.6. The van der Waals surface area contributed by atoms with Crippen LogP contribution in [0.1, 0.15) is 360 Å². The number of aliphatic hydroxyl groups is 1. The maximum Gasteiger partial charge on any atom is 0.762 e. The average Bonchev–Trinajstić information content (AvgIpc) is 1.47. The molecule has 0 radical (unpaired) electrons. The van der Waals surface area contributed by atoms with Gasteiger partial charge in [0.2, 0.25) is 6.34 Å². The number of ether oxygens (including phenoxy) is 2. The molecule has 0 aromatic heterocycles. The second-order valence-electron chi connectivity index (χ2n) is 41.9. The van der Waals surface area contributed by atoms with Gasteiger partial charge < -0.3 is 14.5 Å². The molecule has 0 atom stereocenters. The number of benzene rings is 6. The van der Waals surface area contributed by atoms with Crippen molar-refractivity contribution in [2.24, 2.45) is 0 Å². The van der Waals surface area contributed by atoms with E-state index in [9.17, 15) is 12.9 Å². The predicted octanol–water partition coefficient (Wildman–Crippen LogP) is 28.5. The first kappa shape index (κ1) is 109. The van der Waals surface area contributed by atoms with Crippen molar-refractivity contribution in [3.05, 3.63) is 184 Å². The molecule has 1 N–H and O–H groups in total. The van der Waals surface area contributed by atoms with Crippen molar-refractivity contribution >= 4 is 92.5 Å². The van der Waals surface area contributed by atoms with Crippen molar-refractivity contribution in [2.45, 2.75) is 377 Å². The summed E-state index contributed by atoms with van der Waals surface area (Å²) in [6.07, 6.45) is 26.6. The minimum atomic E-state index is -3.67. The first-order valence-electron chi connectivity index (χ1n) is 44.5. The third-order valence-electron chi connectivity index (χ3n) is 22.9. The van der Waals surface area contributed by atoms with Gasteiger partial charge in [-0.1, -0.05) is 224 Å². The third-order valence-corrected chi connectivity index (χ3v) is 31.1. The molecule has 5 aliphatic rings. The van der Waals surface area contributed by atoms with Crippen molar-refractivity contribution in [2.75, 3.05) is 40.9 Å². The minimum absolute atomic E-state index is 0. The molecule has 4 fully saturated rings. The Morgan fingerprint density at radius 3 is 1.03 bits per heavy atom. The second kappa shape index (κ2) is 48.5. The molecular formula is C102H159BCl4F4N4O2PRu2+. The largest absolute Gasteiger partial charge is 1.00 e. The fraction of sp³-hybridized carbons (Fsp3) is 0.608. The summed E-state index contributed by atoms with van der Waals surface area (Å²) in [6.45, 7) is 73.9. The van der Waals surface area contributed by atoms with Gasteiger partial charge in [0.1, 0.15) is 24.5 Å². The molecule has 120 heavy (non-hydrogen) atoms. The van der Waals surface area contributed by atoms with Crippen LogP contribution in [-0.4, -0.2) is 87.8 Å². The summed E-state index contributed by atoms with van der Waals surface area (Å²) in [5.74, 6) is 1.82. The summed E-state index contributed by atoms with van der Waals surface area (Å²) in [6, 6.07) is 44.4. The molecule has 0 amide bonds. The maximum absolute atomic E-state index is 9.67. The predicted molar refractivity (Wildman–Crippen MR) is 521 cm³/mol. The van der Waals surface area contributed by atoms with Crippen molar-refractivity contribution in [1.29, 1.82) is 0 Å². The van der Waals surface area contributed by atoms with Crippen molar-refractivity contribution in [1.82, 2.24) is 0 Å². The molecule has 6 nitrogen and oxygen atoms in total. The zero-order chi connectivity index (χ0) is 89.6. The van der Waals surface area contributed by atoms with Crippen LogP contribution in [0.5, 0.6) is 11.5 Å². The molecule has 6 aromatic carbocycles. The van der Waals surface area contributed by atoms with Gasteiger partial charge in [-0.05, 0) is 213 Å². The standard InChI is InChI=1S/2C31H47N2.C18H33P.2C10H12O.C2H6.BF3.4ClH.FH.2Ru/c2*1-28(2,3)22-15-23(29(4,5)6)18-26(17-22)32-13-14-33(21-32)27-19-24(30(7,8)9)16-25(20-27)31(10,11)12;1-4-10-16(11-5-1)19(17-12-6-2-7-13-17)18-14-8-3-9-15-18;2*1-8(2)11-10-7-5-4-6-9(10)3;1-2;2-1(3)4;;;;;;;/h2*15-21H,13-14H2,1-12H3;16-18H,1-15H2;2*3-8H,1-2H3;1-2H3;;5*1H;;/q-1;+1;;;;;;;;;;;2*+2/p-3. The van der Waals surface area contributed by atoms with E-state index in [1.165, 1.54) is 84.2 Å². The zero-order valence-corrected chi connectivity index (χ0v) is 87.1. The Morgan fingerprint density at radius 2 is 0.725 bits per heavy atom. The number of aromatic hydroxyl groups is 1. The van der Waals surface area contributed by atoms with Crippen LogP contribution in [0.3, 0.4) is 0 Å². The maximum atomic E-state index is 9.67. The molecule has 678 valence electrons.